The molecule has 0 aliphatic carbocycles. The molecule has 0 fully saturated rings. The lowest BCUT2D eigenvalue weighted by molar-refractivity contribution is -0.129. The van der Waals surface area contributed by atoms with Gasteiger partial charge in [0.15, 0.2) is 0 Å². The van der Waals surface area contributed by atoms with Gasteiger partial charge in [-0.1, -0.05) is 12.1 Å². The van der Waals surface area contributed by atoms with Gasteiger partial charge in [-0.15, -0.1) is 0 Å². The quantitative estimate of drug-likeness (QED) is 0.784. The van der Waals surface area contributed by atoms with E-state index >= 15 is 0 Å². The highest BCUT2D eigenvalue weighted by Gasteiger charge is 2.30. The van der Waals surface area contributed by atoms with E-state index in [0.29, 0.717) is 12.1 Å². The fourth-order valence-corrected chi connectivity index (χ4v) is 3.16. The number of carbonyl (C=O) groups is 1. The van der Waals surface area contributed by atoms with Crippen LogP contribution in [-0.4, -0.2) is 51.2 Å². The average Bonchev–Trinajstić information content (AvgIpc) is 2.75. The summed E-state index contributed by atoms with van der Waals surface area (Å²) in [5, 5.41) is 0. The number of likely N-dealkylation sites (N-methyl/N-ethyl adjacent to an activating group) is 1. The smallest absolute Gasteiger partial charge is 0.263 e. The molecule has 0 aromatic heterocycles. The summed E-state index contributed by atoms with van der Waals surface area (Å²) in [6.45, 7) is 2.06. The summed E-state index contributed by atoms with van der Waals surface area (Å²) in [4.78, 5) is 17.7. The van der Waals surface area contributed by atoms with Crippen LogP contribution in [0.25, 0.3) is 0 Å². The number of nitrogens with two attached hydrogens (primary N) is 1. The fourth-order valence-electron chi connectivity index (χ4n) is 1.91. The van der Waals surface area contributed by atoms with Crippen LogP contribution >= 0.6 is 0 Å². The SMILES string of the molecule is CC(CN)N(C)C(=O)CN=C1NS(=O)(=O)c2ccccc21. The lowest BCUT2D eigenvalue weighted by Gasteiger charge is -2.22. The van der Waals surface area contributed by atoms with Crippen LogP contribution in [0.5, 0.6) is 0 Å². The summed E-state index contributed by atoms with van der Waals surface area (Å²) in [6, 6.07) is 6.43. The molecule has 0 radical (unpaired) electrons. The third kappa shape index (κ3) is 3.06. The van der Waals surface area contributed by atoms with Gasteiger partial charge >= 0.3 is 0 Å². The summed E-state index contributed by atoms with van der Waals surface area (Å²) in [6.07, 6.45) is 0. The monoisotopic (exact) mass is 310 g/mol. The number of nitrogens with one attached hydrogen (secondary N) is 1. The molecule has 114 valence electrons. The Labute approximate surface area is 123 Å². The molecule has 1 aliphatic heterocycles. The maximum atomic E-state index is 12.0. The number of hydrogen-bond acceptors (Lipinski definition) is 5. The van der Waals surface area contributed by atoms with Crippen LogP contribution < -0.4 is 10.5 Å². The molecule has 1 unspecified atom stereocenters. The topological polar surface area (TPSA) is 105 Å². The summed E-state index contributed by atoms with van der Waals surface area (Å²) in [7, 11) is -1.92. The molecule has 21 heavy (non-hydrogen) atoms. The van der Waals surface area contributed by atoms with Gasteiger partial charge in [0.25, 0.3) is 10.0 Å². The van der Waals surface area contributed by atoms with Gasteiger partial charge in [0.1, 0.15) is 12.4 Å². The van der Waals surface area contributed by atoms with E-state index in [1.54, 1.807) is 25.2 Å². The summed E-state index contributed by atoms with van der Waals surface area (Å²) < 4.78 is 26.1. The second kappa shape index (κ2) is 5.82. The van der Waals surface area contributed by atoms with Crippen LogP contribution in [0.3, 0.4) is 0 Å². The molecule has 3 N–H and O–H groups in total. The first-order valence-corrected chi connectivity index (χ1v) is 7.97. The standard InChI is InChI=1S/C13H18N4O3S/c1-9(7-14)17(2)12(18)8-15-13-10-5-3-4-6-11(10)21(19,20)16-13/h3-6,9H,7-8,14H2,1-2H3,(H,15,16). The van der Waals surface area contributed by atoms with Crippen LogP contribution in [0.2, 0.25) is 0 Å². The van der Waals surface area contributed by atoms with Crippen molar-refractivity contribution in [3.63, 3.8) is 0 Å². The van der Waals surface area contributed by atoms with Crippen molar-refractivity contribution in [2.45, 2.75) is 17.9 Å². The maximum Gasteiger partial charge on any atom is 0.263 e. The van der Waals surface area contributed by atoms with Crippen LogP contribution in [0, 0.1) is 0 Å². The zero-order chi connectivity index (χ0) is 15.6. The molecular weight excluding hydrogens is 292 g/mol. The number of benzene rings is 1. The highest BCUT2D eigenvalue weighted by Crippen LogP contribution is 2.22. The molecule has 1 heterocycles. The molecule has 1 atom stereocenters. The van der Waals surface area contributed by atoms with Gasteiger partial charge < -0.3 is 10.6 Å². The normalized spacial score (nSPS) is 18.9. The Kier molecular flexibility index (Phi) is 4.29. The lowest BCUT2D eigenvalue weighted by Crippen LogP contribution is -2.41. The molecule has 7 nitrogen and oxygen atoms in total. The van der Waals surface area contributed by atoms with Gasteiger partial charge in [-0.25, -0.2) is 8.42 Å². The maximum absolute atomic E-state index is 12.0. The number of carbonyl (C=O) groups excluding carboxylic acids is 1. The van der Waals surface area contributed by atoms with Crippen LogP contribution in [0.1, 0.15) is 12.5 Å². The number of fused-ring (bicyclic) bond motifs is 1. The minimum Gasteiger partial charge on any atom is -0.340 e. The van der Waals surface area contributed by atoms with E-state index in [1.165, 1.54) is 11.0 Å². The highest BCUT2D eigenvalue weighted by atomic mass is 32.2. The molecule has 1 aromatic carbocycles. The Bertz CT molecular complexity index is 684. The van der Waals surface area contributed by atoms with E-state index in [-0.39, 0.29) is 29.2 Å². The first kappa shape index (κ1) is 15.5. The van der Waals surface area contributed by atoms with Crippen molar-refractivity contribution in [2.24, 2.45) is 10.7 Å². The first-order chi connectivity index (χ1) is 9.86. The summed E-state index contributed by atoms with van der Waals surface area (Å²) in [5.41, 5.74) is 5.99. The van der Waals surface area contributed by atoms with Crippen molar-refractivity contribution in [1.29, 1.82) is 0 Å². The summed E-state index contributed by atoms with van der Waals surface area (Å²) >= 11 is 0. The predicted octanol–water partition coefficient (Wildman–Crippen LogP) is -0.469. The van der Waals surface area contributed by atoms with Crippen molar-refractivity contribution in [3.05, 3.63) is 29.8 Å². The summed E-state index contributed by atoms with van der Waals surface area (Å²) in [5.74, 6) is -0.0169. The van der Waals surface area contributed by atoms with Gasteiger partial charge in [0, 0.05) is 25.2 Å². The third-order valence-electron chi connectivity index (χ3n) is 3.43. The number of amidine groups is 1. The van der Waals surface area contributed by atoms with Gasteiger partial charge in [0.05, 0.1) is 4.90 Å². The Morgan fingerprint density at radius 3 is 2.76 bits per heavy atom. The zero-order valence-corrected chi connectivity index (χ0v) is 12.7. The molecule has 0 saturated heterocycles. The highest BCUT2D eigenvalue weighted by molar-refractivity contribution is 7.90. The van der Waals surface area contributed by atoms with Crippen molar-refractivity contribution >= 4 is 21.8 Å². The van der Waals surface area contributed by atoms with E-state index < -0.39 is 10.0 Å². The number of amides is 1. The van der Waals surface area contributed by atoms with E-state index in [0.717, 1.165) is 0 Å². The molecule has 2 rings (SSSR count). The fraction of sp³-hybridized carbons (Fsp3) is 0.385. The molecule has 1 aromatic rings. The van der Waals surface area contributed by atoms with Crippen LogP contribution in [0.4, 0.5) is 0 Å². The lowest BCUT2D eigenvalue weighted by atomic mass is 10.2. The largest absolute Gasteiger partial charge is 0.340 e. The van der Waals surface area contributed by atoms with Gasteiger partial charge in [-0.2, -0.15) is 0 Å². The zero-order valence-electron chi connectivity index (χ0n) is 11.9. The van der Waals surface area contributed by atoms with Crippen LogP contribution in [0.15, 0.2) is 34.2 Å². The number of rotatable bonds is 4. The minimum absolute atomic E-state index is 0.0924. The minimum atomic E-state index is -3.57. The predicted molar refractivity (Wildman–Crippen MR) is 79.5 cm³/mol. The molecule has 0 bridgehead atoms. The Morgan fingerprint density at radius 1 is 1.43 bits per heavy atom. The van der Waals surface area contributed by atoms with Gasteiger partial charge in [0.2, 0.25) is 5.91 Å². The van der Waals surface area contributed by atoms with E-state index in [9.17, 15) is 13.2 Å². The Hall–Kier alpha value is -1.93. The average molecular weight is 310 g/mol. The second-order valence-electron chi connectivity index (χ2n) is 4.86. The Balaban J connectivity index is 2.19. The van der Waals surface area contributed by atoms with Gasteiger partial charge in [-0.3, -0.25) is 14.5 Å². The number of nitrogens with zero attached hydrogens (tertiary/aromatic N) is 2. The van der Waals surface area contributed by atoms with E-state index in [4.69, 9.17) is 5.73 Å². The van der Waals surface area contributed by atoms with Crippen molar-refractivity contribution in [2.75, 3.05) is 20.1 Å². The van der Waals surface area contributed by atoms with Crippen molar-refractivity contribution in [1.82, 2.24) is 9.62 Å². The third-order valence-corrected chi connectivity index (χ3v) is 4.83. The van der Waals surface area contributed by atoms with Gasteiger partial charge in [-0.05, 0) is 19.1 Å². The molecule has 1 amide bonds. The number of hydrogen-bond donors (Lipinski definition) is 2. The van der Waals surface area contributed by atoms with E-state index in [2.05, 4.69) is 9.71 Å². The van der Waals surface area contributed by atoms with Crippen molar-refractivity contribution < 1.29 is 13.2 Å². The van der Waals surface area contributed by atoms with E-state index in [1.807, 2.05) is 6.92 Å². The first-order valence-electron chi connectivity index (χ1n) is 6.49. The Morgan fingerprint density at radius 2 is 2.10 bits per heavy atom. The molecule has 0 saturated carbocycles. The number of sulfonamides is 1. The number of aliphatic imine (C=N–C) groups is 1. The van der Waals surface area contributed by atoms with Crippen molar-refractivity contribution in [3.8, 4) is 0 Å². The second-order valence-corrected chi connectivity index (χ2v) is 6.51. The molecular formula is C13H18N4O3S. The van der Waals surface area contributed by atoms with Crippen LogP contribution in [-0.2, 0) is 14.8 Å². The molecule has 0 spiro atoms. The molecule has 8 heteroatoms. The molecule has 1 aliphatic rings.